The van der Waals surface area contributed by atoms with Gasteiger partial charge in [-0.2, -0.15) is 0 Å². The molecule has 1 aromatic rings. The minimum absolute atomic E-state index is 0.339. The lowest BCUT2D eigenvalue weighted by Crippen LogP contribution is -2.34. The van der Waals surface area contributed by atoms with Crippen LogP contribution in [0, 0.1) is 5.92 Å². The molecule has 0 amide bonds. The maximum Gasteiger partial charge on any atom is 0.123 e. The fourth-order valence-electron chi connectivity index (χ4n) is 3.05. The summed E-state index contributed by atoms with van der Waals surface area (Å²) in [5.74, 6) is 1.55. The maximum absolute atomic E-state index is 9.23. The summed E-state index contributed by atoms with van der Waals surface area (Å²) >= 11 is 0. The summed E-state index contributed by atoms with van der Waals surface area (Å²) < 4.78 is 6.00. The number of likely N-dealkylation sites (tertiary alicyclic amines) is 1. The third-order valence-electron chi connectivity index (χ3n) is 4.59. The Bertz CT molecular complexity index is 414. The number of para-hydroxylation sites is 1. The predicted molar refractivity (Wildman–Crippen MR) is 91.2 cm³/mol. The van der Waals surface area contributed by atoms with E-state index in [9.17, 15) is 5.11 Å². The number of aliphatic hydroxyl groups is 1. The Kier molecular flexibility index (Phi) is 7.75. The van der Waals surface area contributed by atoms with Crippen LogP contribution in [-0.4, -0.2) is 36.3 Å². The molecule has 2 rings (SSSR count). The van der Waals surface area contributed by atoms with Crippen LogP contribution in [0.4, 0.5) is 0 Å². The summed E-state index contributed by atoms with van der Waals surface area (Å²) in [6.45, 7) is 6.51. The number of aliphatic hydroxyl groups excluding tert-OH is 1. The van der Waals surface area contributed by atoms with Gasteiger partial charge in [-0.15, -0.1) is 0 Å². The van der Waals surface area contributed by atoms with Crippen LogP contribution in [0.5, 0.6) is 5.75 Å². The molecule has 0 bridgehead atoms. The highest BCUT2D eigenvalue weighted by Crippen LogP contribution is 2.23. The van der Waals surface area contributed by atoms with Crippen molar-refractivity contribution in [3.63, 3.8) is 0 Å². The van der Waals surface area contributed by atoms with Gasteiger partial charge in [0, 0.05) is 18.7 Å². The van der Waals surface area contributed by atoms with E-state index in [0.717, 1.165) is 51.3 Å². The van der Waals surface area contributed by atoms with Crippen molar-refractivity contribution in [2.75, 3.05) is 26.3 Å². The SMILES string of the molecule is CCCCCCOc1ccccc1CN1CCC(CO)CC1. The van der Waals surface area contributed by atoms with Crippen LogP contribution in [0.1, 0.15) is 51.0 Å². The highest BCUT2D eigenvalue weighted by atomic mass is 16.5. The third-order valence-corrected chi connectivity index (χ3v) is 4.59. The molecule has 1 fully saturated rings. The van der Waals surface area contributed by atoms with Crippen molar-refractivity contribution in [3.8, 4) is 5.75 Å². The van der Waals surface area contributed by atoms with Gasteiger partial charge in [-0.25, -0.2) is 0 Å². The molecule has 0 radical (unpaired) electrons. The Labute approximate surface area is 135 Å². The fraction of sp³-hybridized carbons (Fsp3) is 0.684. The summed E-state index contributed by atoms with van der Waals surface area (Å²) in [7, 11) is 0. The van der Waals surface area contributed by atoms with Crippen LogP contribution in [0.2, 0.25) is 0 Å². The molecular formula is C19H31NO2. The van der Waals surface area contributed by atoms with E-state index in [4.69, 9.17) is 4.74 Å². The van der Waals surface area contributed by atoms with Crippen molar-refractivity contribution in [3.05, 3.63) is 29.8 Å². The largest absolute Gasteiger partial charge is 0.493 e. The molecule has 22 heavy (non-hydrogen) atoms. The van der Waals surface area contributed by atoms with Crippen LogP contribution in [0.25, 0.3) is 0 Å². The van der Waals surface area contributed by atoms with Gasteiger partial charge in [0.05, 0.1) is 6.61 Å². The van der Waals surface area contributed by atoms with E-state index in [1.807, 2.05) is 0 Å². The molecule has 124 valence electrons. The second-order valence-electron chi connectivity index (χ2n) is 6.42. The molecule has 1 aliphatic rings. The third kappa shape index (κ3) is 5.62. The maximum atomic E-state index is 9.23. The Morgan fingerprint density at radius 1 is 1.14 bits per heavy atom. The molecule has 3 nitrogen and oxygen atoms in total. The Hall–Kier alpha value is -1.06. The second kappa shape index (κ2) is 9.86. The van der Waals surface area contributed by atoms with Crippen LogP contribution in [0.15, 0.2) is 24.3 Å². The van der Waals surface area contributed by atoms with Crippen molar-refractivity contribution < 1.29 is 9.84 Å². The molecule has 0 spiro atoms. The quantitative estimate of drug-likeness (QED) is 0.703. The van der Waals surface area contributed by atoms with Gasteiger partial charge in [-0.1, -0.05) is 44.4 Å². The van der Waals surface area contributed by atoms with E-state index in [-0.39, 0.29) is 0 Å². The topological polar surface area (TPSA) is 32.7 Å². The van der Waals surface area contributed by atoms with E-state index in [1.165, 1.54) is 24.8 Å². The molecule has 0 unspecified atom stereocenters. The molecule has 0 aliphatic carbocycles. The number of benzene rings is 1. The first-order valence-electron chi connectivity index (χ1n) is 8.87. The van der Waals surface area contributed by atoms with Gasteiger partial charge in [0.25, 0.3) is 0 Å². The number of hydrogen-bond donors (Lipinski definition) is 1. The summed E-state index contributed by atoms with van der Waals surface area (Å²) in [4.78, 5) is 2.48. The molecule has 1 aliphatic heterocycles. The molecule has 0 aromatic heterocycles. The fourth-order valence-corrected chi connectivity index (χ4v) is 3.05. The average Bonchev–Trinajstić information content (AvgIpc) is 2.57. The normalized spacial score (nSPS) is 16.8. The van der Waals surface area contributed by atoms with E-state index in [1.54, 1.807) is 0 Å². The van der Waals surface area contributed by atoms with Gasteiger partial charge >= 0.3 is 0 Å². The van der Waals surface area contributed by atoms with Gasteiger partial charge in [-0.05, 0) is 44.3 Å². The number of ether oxygens (including phenoxy) is 1. The van der Waals surface area contributed by atoms with Crippen LogP contribution >= 0.6 is 0 Å². The predicted octanol–water partition coefficient (Wildman–Crippen LogP) is 3.85. The van der Waals surface area contributed by atoms with E-state index >= 15 is 0 Å². The van der Waals surface area contributed by atoms with Crippen molar-refractivity contribution in [2.45, 2.75) is 52.0 Å². The van der Waals surface area contributed by atoms with E-state index < -0.39 is 0 Å². The highest BCUT2D eigenvalue weighted by molar-refractivity contribution is 5.33. The Morgan fingerprint density at radius 3 is 2.64 bits per heavy atom. The lowest BCUT2D eigenvalue weighted by atomic mass is 9.97. The molecule has 3 heteroatoms. The number of piperidine rings is 1. The van der Waals surface area contributed by atoms with Gasteiger partial charge in [-0.3, -0.25) is 4.90 Å². The number of rotatable bonds is 9. The zero-order chi connectivity index (χ0) is 15.6. The van der Waals surface area contributed by atoms with E-state index in [2.05, 4.69) is 36.1 Å². The molecule has 0 saturated carbocycles. The molecule has 1 N–H and O–H groups in total. The number of nitrogens with zero attached hydrogens (tertiary/aromatic N) is 1. The highest BCUT2D eigenvalue weighted by Gasteiger charge is 2.19. The Morgan fingerprint density at radius 2 is 1.91 bits per heavy atom. The summed E-state index contributed by atoms with van der Waals surface area (Å²) in [6.07, 6.45) is 7.18. The minimum atomic E-state index is 0.339. The molecular weight excluding hydrogens is 274 g/mol. The summed E-state index contributed by atoms with van der Waals surface area (Å²) in [6, 6.07) is 8.43. The Balaban J connectivity index is 1.80. The number of unbranched alkanes of at least 4 members (excludes halogenated alkanes) is 3. The van der Waals surface area contributed by atoms with Gasteiger partial charge in [0.1, 0.15) is 5.75 Å². The minimum Gasteiger partial charge on any atom is -0.493 e. The zero-order valence-corrected chi connectivity index (χ0v) is 14.0. The van der Waals surface area contributed by atoms with Crippen LogP contribution in [-0.2, 0) is 6.54 Å². The lowest BCUT2D eigenvalue weighted by molar-refractivity contribution is 0.126. The summed E-state index contributed by atoms with van der Waals surface area (Å²) in [5.41, 5.74) is 1.29. The molecule has 1 aromatic carbocycles. The van der Waals surface area contributed by atoms with Crippen molar-refractivity contribution in [1.29, 1.82) is 0 Å². The molecule has 0 atom stereocenters. The van der Waals surface area contributed by atoms with Crippen molar-refractivity contribution in [1.82, 2.24) is 4.90 Å². The standard InChI is InChI=1S/C19H31NO2/c1-2-3-4-7-14-22-19-9-6-5-8-18(19)15-20-12-10-17(16-21)11-13-20/h5-6,8-9,17,21H,2-4,7,10-16H2,1H3. The van der Waals surface area contributed by atoms with Crippen molar-refractivity contribution >= 4 is 0 Å². The smallest absolute Gasteiger partial charge is 0.123 e. The second-order valence-corrected chi connectivity index (χ2v) is 6.42. The summed E-state index contributed by atoms with van der Waals surface area (Å²) in [5, 5.41) is 9.23. The molecule has 1 saturated heterocycles. The van der Waals surface area contributed by atoms with Crippen molar-refractivity contribution in [2.24, 2.45) is 5.92 Å². The number of hydrogen-bond acceptors (Lipinski definition) is 3. The molecule has 1 heterocycles. The monoisotopic (exact) mass is 305 g/mol. The first-order valence-corrected chi connectivity index (χ1v) is 8.87. The zero-order valence-electron chi connectivity index (χ0n) is 14.0. The van der Waals surface area contributed by atoms with Gasteiger partial charge < -0.3 is 9.84 Å². The average molecular weight is 305 g/mol. The van der Waals surface area contributed by atoms with Gasteiger partial charge in [0.2, 0.25) is 0 Å². The van der Waals surface area contributed by atoms with E-state index in [0.29, 0.717) is 12.5 Å². The van der Waals surface area contributed by atoms with Gasteiger partial charge in [0.15, 0.2) is 0 Å². The van der Waals surface area contributed by atoms with Crippen LogP contribution in [0.3, 0.4) is 0 Å². The van der Waals surface area contributed by atoms with Crippen LogP contribution < -0.4 is 4.74 Å². The first kappa shape index (κ1) is 17.3. The first-order chi connectivity index (χ1) is 10.8. The lowest BCUT2D eigenvalue weighted by Gasteiger charge is -2.31.